The molecule has 0 aromatic heterocycles. The molecule has 0 aromatic carbocycles. The standard InChI is InChI=1S/C13H21NO.4C2H6/c1-11(2)12(5-4-6-12)13(11)7-10(8-15)14(3)9-13;4*1-2/h8,10H,4-7,9H2,1-3H3;4*1-2H3/t10?,13-;;;;/m0..../s1. The molecule has 2 aliphatic carbocycles. The summed E-state index contributed by atoms with van der Waals surface area (Å²) >= 11 is 0. The van der Waals surface area contributed by atoms with Gasteiger partial charge in [-0.25, -0.2) is 0 Å². The Balaban J connectivity index is 0. The highest BCUT2D eigenvalue weighted by atomic mass is 16.1. The zero-order valence-corrected chi connectivity index (χ0v) is 18.0. The van der Waals surface area contributed by atoms with Gasteiger partial charge in [0.25, 0.3) is 0 Å². The maximum atomic E-state index is 11.0. The third kappa shape index (κ3) is 3.52. The summed E-state index contributed by atoms with van der Waals surface area (Å²) in [5.74, 6) is 0. The lowest BCUT2D eigenvalue weighted by atomic mass is 9.73. The van der Waals surface area contributed by atoms with Gasteiger partial charge in [0.2, 0.25) is 0 Å². The molecule has 2 atom stereocenters. The van der Waals surface area contributed by atoms with E-state index in [1.165, 1.54) is 19.3 Å². The molecular formula is C21H45NO. The number of hydrogen-bond donors (Lipinski definition) is 0. The maximum absolute atomic E-state index is 11.0. The number of carbonyl (C=O) groups is 1. The molecule has 1 saturated heterocycles. The van der Waals surface area contributed by atoms with Crippen LogP contribution >= 0.6 is 0 Å². The Morgan fingerprint density at radius 2 is 1.30 bits per heavy atom. The predicted molar refractivity (Wildman–Crippen MR) is 105 cm³/mol. The summed E-state index contributed by atoms with van der Waals surface area (Å²) in [5, 5.41) is 0. The van der Waals surface area contributed by atoms with E-state index in [4.69, 9.17) is 0 Å². The van der Waals surface area contributed by atoms with Gasteiger partial charge in [-0.15, -0.1) is 0 Å². The van der Waals surface area contributed by atoms with Gasteiger partial charge in [-0.05, 0) is 42.6 Å². The summed E-state index contributed by atoms with van der Waals surface area (Å²) in [6.45, 7) is 22.0. The van der Waals surface area contributed by atoms with E-state index in [1.807, 2.05) is 55.4 Å². The van der Waals surface area contributed by atoms with E-state index in [0.717, 1.165) is 19.3 Å². The van der Waals surface area contributed by atoms with Gasteiger partial charge in [-0.1, -0.05) is 75.7 Å². The van der Waals surface area contributed by atoms with Crippen molar-refractivity contribution in [1.29, 1.82) is 0 Å². The van der Waals surface area contributed by atoms with Crippen LogP contribution in [0.1, 0.15) is 94.9 Å². The minimum atomic E-state index is 0.184. The molecule has 2 spiro atoms. The molecular weight excluding hydrogens is 282 g/mol. The zero-order valence-electron chi connectivity index (χ0n) is 18.0. The van der Waals surface area contributed by atoms with Crippen LogP contribution in [-0.2, 0) is 4.79 Å². The molecule has 0 radical (unpaired) electrons. The predicted octanol–water partition coefficient (Wildman–Crippen LogP) is 6.19. The Hall–Kier alpha value is -0.370. The average Bonchev–Trinajstić information content (AvgIpc) is 2.81. The van der Waals surface area contributed by atoms with Crippen molar-refractivity contribution in [2.24, 2.45) is 16.2 Å². The van der Waals surface area contributed by atoms with Crippen molar-refractivity contribution in [3.05, 3.63) is 0 Å². The molecule has 1 heterocycles. The van der Waals surface area contributed by atoms with Crippen LogP contribution in [0.25, 0.3) is 0 Å². The van der Waals surface area contributed by atoms with Crippen molar-refractivity contribution in [1.82, 2.24) is 4.90 Å². The molecule has 1 aliphatic heterocycles. The largest absolute Gasteiger partial charge is 0.302 e. The number of rotatable bonds is 1. The number of nitrogens with zero attached hydrogens (tertiary/aromatic N) is 1. The molecule has 1 unspecified atom stereocenters. The number of hydrogen-bond acceptors (Lipinski definition) is 2. The maximum Gasteiger partial charge on any atom is 0.137 e. The van der Waals surface area contributed by atoms with Gasteiger partial charge in [-0.2, -0.15) is 0 Å². The molecule has 23 heavy (non-hydrogen) atoms. The second-order valence-corrected chi connectivity index (χ2v) is 6.47. The van der Waals surface area contributed by atoms with Crippen LogP contribution in [0.15, 0.2) is 0 Å². The number of fused-ring (bicyclic) bond motifs is 1. The van der Waals surface area contributed by atoms with Crippen molar-refractivity contribution < 1.29 is 4.79 Å². The van der Waals surface area contributed by atoms with Crippen molar-refractivity contribution in [2.45, 2.75) is 101 Å². The van der Waals surface area contributed by atoms with Crippen molar-refractivity contribution in [3.8, 4) is 0 Å². The molecule has 140 valence electrons. The average molecular weight is 328 g/mol. The molecule has 0 N–H and O–H groups in total. The fourth-order valence-corrected chi connectivity index (χ4v) is 4.96. The molecule has 2 nitrogen and oxygen atoms in total. The van der Waals surface area contributed by atoms with Crippen LogP contribution in [0.4, 0.5) is 0 Å². The van der Waals surface area contributed by atoms with Gasteiger partial charge in [0.15, 0.2) is 0 Å². The first kappa shape index (κ1) is 24.9. The quantitative estimate of drug-likeness (QED) is 0.535. The normalized spacial score (nSPS) is 30.8. The fourth-order valence-electron chi connectivity index (χ4n) is 4.96. The van der Waals surface area contributed by atoms with Crippen LogP contribution in [0.2, 0.25) is 0 Å². The van der Waals surface area contributed by atoms with E-state index in [1.54, 1.807) is 0 Å². The van der Waals surface area contributed by atoms with Gasteiger partial charge < -0.3 is 4.79 Å². The topological polar surface area (TPSA) is 20.3 Å². The van der Waals surface area contributed by atoms with Crippen LogP contribution in [0, 0.1) is 16.2 Å². The molecule has 0 bridgehead atoms. The van der Waals surface area contributed by atoms with Crippen LogP contribution in [-0.4, -0.2) is 30.8 Å². The number of likely N-dealkylation sites (N-methyl/N-ethyl adjacent to an activating group) is 1. The highest BCUT2D eigenvalue weighted by molar-refractivity contribution is 5.59. The third-order valence-corrected chi connectivity index (χ3v) is 6.25. The Labute approximate surface area is 147 Å². The SMILES string of the molecule is CC.CC.CC.CC.CN1C[C@@]2(CC1C=O)C(C)(C)C21CCC1. The second kappa shape index (κ2) is 10.5. The molecule has 0 amide bonds. The lowest BCUT2D eigenvalue weighted by molar-refractivity contribution is -0.111. The van der Waals surface area contributed by atoms with E-state index in [2.05, 4.69) is 25.8 Å². The minimum Gasteiger partial charge on any atom is -0.302 e. The Kier molecular flexibility index (Phi) is 11.3. The van der Waals surface area contributed by atoms with E-state index in [0.29, 0.717) is 16.2 Å². The second-order valence-electron chi connectivity index (χ2n) is 6.47. The van der Waals surface area contributed by atoms with Crippen LogP contribution in [0.3, 0.4) is 0 Å². The van der Waals surface area contributed by atoms with Gasteiger partial charge >= 0.3 is 0 Å². The Bertz CT molecular complexity index is 320. The first-order chi connectivity index (χ1) is 11.0. The summed E-state index contributed by atoms with van der Waals surface area (Å²) < 4.78 is 0. The first-order valence-electron chi connectivity index (χ1n) is 10.2. The summed E-state index contributed by atoms with van der Waals surface area (Å²) in [5.41, 5.74) is 1.55. The van der Waals surface area contributed by atoms with E-state index >= 15 is 0 Å². The molecule has 2 heteroatoms. The summed E-state index contributed by atoms with van der Waals surface area (Å²) in [4.78, 5) is 13.3. The van der Waals surface area contributed by atoms with Crippen LogP contribution < -0.4 is 0 Å². The smallest absolute Gasteiger partial charge is 0.137 e. The summed E-state index contributed by atoms with van der Waals surface area (Å²) in [6, 6.07) is 0.184. The first-order valence-corrected chi connectivity index (χ1v) is 10.2. The fraction of sp³-hybridized carbons (Fsp3) is 0.952. The van der Waals surface area contributed by atoms with Crippen LogP contribution in [0.5, 0.6) is 0 Å². The highest BCUT2D eigenvalue weighted by Gasteiger charge is 2.84. The molecule has 3 aliphatic rings. The lowest BCUT2D eigenvalue weighted by Crippen LogP contribution is -2.26. The number of aldehydes is 1. The van der Waals surface area contributed by atoms with Crippen molar-refractivity contribution in [2.75, 3.05) is 13.6 Å². The van der Waals surface area contributed by atoms with Gasteiger partial charge in [0.05, 0.1) is 6.04 Å². The Morgan fingerprint density at radius 1 is 0.870 bits per heavy atom. The molecule has 2 saturated carbocycles. The minimum absolute atomic E-state index is 0.184. The Morgan fingerprint density at radius 3 is 1.52 bits per heavy atom. The van der Waals surface area contributed by atoms with Crippen molar-refractivity contribution >= 4 is 6.29 Å². The van der Waals surface area contributed by atoms with E-state index in [9.17, 15) is 4.79 Å². The summed E-state index contributed by atoms with van der Waals surface area (Å²) in [7, 11) is 2.11. The number of carbonyl (C=O) groups excluding carboxylic acids is 1. The third-order valence-electron chi connectivity index (χ3n) is 6.25. The molecule has 3 rings (SSSR count). The van der Waals surface area contributed by atoms with Gasteiger partial charge in [-0.3, -0.25) is 4.90 Å². The van der Waals surface area contributed by atoms with E-state index < -0.39 is 0 Å². The molecule has 0 aromatic rings. The monoisotopic (exact) mass is 327 g/mol. The zero-order chi connectivity index (χ0) is 18.9. The highest BCUT2D eigenvalue weighted by Crippen LogP contribution is 2.88. The molecule has 3 fully saturated rings. The lowest BCUT2D eigenvalue weighted by Gasteiger charge is -2.32. The van der Waals surface area contributed by atoms with E-state index in [-0.39, 0.29) is 6.04 Å². The van der Waals surface area contributed by atoms with Crippen molar-refractivity contribution in [3.63, 3.8) is 0 Å². The van der Waals surface area contributed by atoms with Gasteiger partial charge in [0, 0.05) is 6.54 Å². The van der Waals surface area contributed by atoms with Gasteiger partial charge in [0.1, 0.15) is 6.29 Å². The summed E-state index contributed by atoms with van der Waals surface area (Å²) in [6.07, 6.45) is 6.47. The number of likely N-dealkylation sites (tertiary alicyclic amines) is 1.